The maximum absolute atomic E-state index is 13.0. The largest absolute Gasteiger partial charge is 0.480 e. The third kappa shape index (κ3) is 7.42. The molecule has 2 amide bonds. The van der Waals surface area contributed by atoms with E-state index in [2.05, 4.69) is 17.9 Å². The van der Waals surface area contributed by atoms with Gasteiger partial charge in [0.05, 0.1) is 0 Å². The van der Waals surface area contributed by atoms with E-state index in [1.54, 1.807) is 34.6 Å². The zero-order chi connectivity index (χ0) is 21.7. The number of amides is 2. The van der Waals surface area contributed by atoms with E-state index < -0.39 is 40.4 Å². The molecule has 0 aliphatic heterocycles. The summed E-state index contributed by atoms with van der Waals surface area (Å²) in [6, 6.07) is 6.99. The van der Waals surface area contributed by atoms with Crippen LogP contribution in [0, 0.1) is 0 Å². The number of hydrogen-bond donors (Lipinski definition) is 3. The molecular weight excluding hydrogens is 380 g/mol. The van der Waals surface area contributed by atoms with Gasteiger partial charge in [-0.05, 0) is 40.2 Å². The minimum absolute atomic E-state index is 0.210. The van der Waals surface area contributed by atoms with Crippen LogP contribution in [0.3, 0.4) is 0 Å². The van der Waals surface area contributed by atoms with Crippen molar-refractivity contribution in [2.45, 2.75) is 63.5 Å². The Labute approximate surface area is 171 Å². The van der Waals surface area contributed by atoms with Crippen molar-refractivity contribution in [3.05, 3.63) is 35.9 Å². The van der Waals surface area contributed by atoms with Gasteiger partial charge in [0.15, 0.2) is 0 Å². The number of rotatable bonds is 7. The van der Waals surface area contributed by atoms with Crippen molar-refractivity contribution >= 4 is 30.6 Å². The number of carbonyl (C=O) groups excluding carboxylic acids is 2. The van der Waals surface area contributed by atoms with Crippen LogP contribution in [0.5, 0.6) is 0 Å². The molecule has 0 unspecified atom stereocenters. The summed E-state index contributed by atoms with van der Waals surface area (Å²) in [5, 5.41) is 12.0. The van der Waals surface area contributed by atoms with E-state index in [0.717, 1.165) is 5.56 Å². The Morgan fingerprint density at radius 3 is 2.11 bits per heavy atom. The van der Waals surface area contributed by atoms with Crippen LogP contribution in [-0.2, 0) is 20.7 Å². The Kier molecular flexibility index (Phi) is 7.93. The number of hydrogen-bond acceptors (Lipinski definition) is 5. The summed E-state index contributed by atoms with van der Waals surface area (Å²) in [4.78, 5) is 38.2. The standard InChI is InChI=1S/C20H30N2O5S/c1-19(2,3)27-18(26)22(6)14(12-13-10-8-7-9-11-13)16(23)21-15(17(24)25)20(4,5)28/h7-11,14-15,28H,12H2,1-6H3,(H,21,23)(H,24,25)/t14-,15-/m0/s1. The molecule has 156 valence electrons. The molecule has 0 heterocycles. The van der Waals surface area contributed by atoms with Crippen LogP contribution in [-0.4, -0.2) is 57.5 Å². The maximum atomic E-state index is 13.0. The second kappa shape index (κ2) is 9.32. The fraction of sp³-hybridized carbons (Fsp3) is 0.550. The highest BCUT2D eigenvalue weighted by Gasteiger charge is 2.37. The van der Waals surface area contributed by atoms with Crippen molar-refractivity contribution in [3.63, 3.8) is 0 Å². The van der Waals surface area contributed by atoms with Crippen molar-refractivity contribution < 1.29 is 24.2 Å². The molecule has 2 N–H and O–H groups in total. The van der Waals surface area contributed by atoms with Gasteiger partial charge >= 0.3 is 12.1 Å². The van der Waals surface area contributed by atoms with Crippen LogP contribution in [0.15, 0.2) is 30.3 Å². The van der Waals surface area contributed by atoms with Gasteiger partial charge in [-0.25, -0.2) is 9.59 Å². The summed E-state index contributed by atoms with van der Waals surface area (Å²) >= 11 is 4.28. The topological polar surface area (TPSA) is 95.9 Å². The van der Waals surface area contributed by atoms with Gasteiger partial charge in [0.1, 0.15) is 17.7 Å². The average molecular weight is 411 g/mol. The molecule has 1 rings (SSSR count). The molecule has 28 heavy (non-hydrogen) atoms. The van der Waals surface area contributed by atoms with Gasteiger partial charge < -0.3 is 15.2 Å². The van der Waals surface area contributed by atoms with Crippen LogP contribution in [0.2, 0.25) is 0 Å². The minimum atomic E-state index is -1.23. The summed E-state index contributed by atoms with van der Waals surface area (Å²) in [6.07, 6.45) is -0.456. The Morgan fingerprint density at radius 2 is 1.68 bits per heavy atom. The maximum Gasteiger partial charge on any atom is 0.410 e. The van der Waals surface area contributed by atoms with E-state index >= 15 is 0 Å². The minimum Gasteiger partial charge on any atom is -0.480 e. The quantitative estimate of drug-likeness (QED) is 0.601. The average Bonchev–Trinajstić information content (AvgIpc) is 2.54. The Hall–Kier alpha value is -2.22. The first-order valence-corrected chi connectivity index (χ1v) is 9.42. The Morgan fingerprint density at radius 1 is 1.14 bits per heavy atom. The molecule has 0 saturated heterocycles. The molecule has 0 spiro atoms. The van der Waals surface area contributed by atoms with Crippen LogP contribution >= 0.6 is 12.6 Å². The first-order valence-electron chi connectivity index (χ1n) is 8.97. The van der Waals surface area contributed by atoms with Crippen molar-refractivity contribution in [2.24, 2.45) is 0 Å². The summed E-state index contributed by atoms with van der Waals surface area (Å²) < 4.78 is 4.37. The first-order chi connectivity index (χ1) is 12.7. The normalized spacial score (nSPS) is 14.0. The van der Waals surface area contributed by atoms with E-state index in [9.17, 15) is 19.5 Å². The van der Waals surface area contributed by atoms with Crippen molar-refractivity contribution in [2.75, 3.05) is 7.05 Å². The number of aliphatic carboxylic acids is 1. The Balaban J connectivity index is 3.13. The smallest absolute Gasteiger partial charge is 0.410 e. The summed E-state index contributed by atoms with van der Waals surface area (Å²) in [7, 11) is 1.46. The van der Waals surface area contributed by atoms with Gasteiger partial charge in [-0.3, -0.25) is 9.69 Å². The number of ether oxygens (including phenoxy) is 1. The van der Waals surface area contributed by atoms with E-state index in [-0.39, 0.29) is 6.42 Å². The van der Waals surface area contributed by atoms with Crippen molar-refractivity contribution in [1.82, 2.24) is 10.2 Å². The number of carboxylic acids is 1. The number of benzene rings is 1. The van der Waals surface area contributed by atoms with Gasteiger partial charge in [-0.1, -0.05) is 30.3 Å². The number of thiol groups is 1. The SMILES string of the molecule is CN(C(=O)OC(C)(C)C)[C@@H](Cc1ccccc1)C(=O)N[C@@H](C(=O)O)C(C)(C)S. The van der Waals surface area contributed by atoms with E-state index in [1.807, 2.05) is 30.3 Å². The molecule has 0 saturated carbocycles. The van der Waals surface area contributed by atoms with Crippen molar-refractivity contribution in [3.8, 4) is 0 Å². The summed E-state index contributed by atoms with van der Waals surface area (Å²) in [6.45, 7) is 8.39. The molecule has 0 aromatic heterocycles. The molecule has 1 aromatic rings. The molecule has 0 aliphatic carbocycles. The molecule has 0 radical (unpaired) electrons. The lowest BCUT2D eigenvalue weighted by molar-refractivity contribution is -0.143. The fourth-order valence-electron chi connectivity index (χ4n) is 2.48. The van der Waals surface area contributed by atoms with Crippen LogP contribution in [0.1, 0.15) is 40.2 Å². The highest BCUT2D eigenvalue weighted by molar-refractivity contribution is 7.81. The third-order valence-electron chi connectivity index (χ3n) is 3.96. The summed E-state index contributed by atoms with van der Waals surface area (Å²) in [5.74, 6) is -1.79. The fourth-order valence-corrected chi connectivity index (χ4v) is 2.66. The van der Waals surface area contributed by atoms with Crippen LogP contribution < -0.4 is 5.32 Å². The predicted octanol–water partition coefficient (Wildman–Crippen LogP) is 2.74. The second-order valence-electron chi connectivity index (χ2n) is 8.23. The molecule has 7 nitrogen and oxygen atoms in total. The monoisotopic (exact) mass is 410 g/mol. The molecule has 2 atom stereocenters. The lowest BCUT2D eigenvalue weighted by Gasteiger charge is -2.33. The number of carbonyl (C=O) groups is 3. The Bertz CT molecular complexity index is 695. The second-order valence-corrected chi connectivity index (χ2v) is 9.38. The lowest BCUT2D eigenvalue weighted by atomic mass is 10.0. The number of nitrogens with zero attached hydrogens (tertiary/aromatic N) is 1. The van der Waals surface area contributed by atoms with Gasteiger partial charge in [-0.2, -0.15) is 12.6 Å². The molecule has 1 aromatic carbocycles. The van der Waals surface area contributed by atoms with Gasteiger partial charge in [0, 0.05) is 18.2 Å². The predicted molar refractivity (Wildman–Crippen MR) is 111 cm³/mol. The molecule has 0 bridgehead atoms. The highest BCUT2D eigenvalue weighted by atomic mass is 32.1. The van der Waals surface area contributed by atoms with E-state index in [1.165, 1.54) is 11.9 Å². The molecular formula is C20H30N2O5S. The number of nitrogens with one attached hydrogen (secondary N) is 1. The lowest BCUT2D eigenvalue weighted by Crippen LogP contribution is -2.57. The van der Waals surface area contributed by atoms with Gasteiger partial charge in [-0.15, -0.1) is 0 Å². The molecule has 8 heteroatoms. The van der Waals surface area contributed by atoms with Crippen LogP contribution in [0.25, 0.3) is 0 Å². The summed E-state index contributed by atoms with van der Waals surface area (Å²) in [5.41, 5.74) is 0.102. The van der Waals surface area contributed by atoms with E-state index in [4.69, 9.17) is 4.74 Å². The van der Waals surface area contributed by atoms with E-state index in [0.29, 0.717) is 0 Å². The highest BCUT2D eigenvalue weighted by Crippen LogP contribution is 2.19. The molecule has 0 fully saturated rings. The van der Waals surface area contributed by atoms with Gasteiger partial charge in [0.25, 0.3) is 0 Å². The number of carboxylic acid groups (broad SMARTS) is 1. The molecule has 0 aliphatic rings. The van der Waals surface area contributed by atoms with Gasteiger partial charge in [0.2, 0.25) is 5.91 Å². The zero-order valence-electron chi connectivity index (χ0n) is 17.2. The first kappa shape index (κ1) is 23.8. The zero-order valence-corrected chi connectivity index (χ0v) is 18.1. The third-order valence-corrected chi connectivity index (χ3v) is 4.22. The van der Waals surface area contributed by atoms with Crippen LogP contribution in [0.4, 0.5) is 4.79 Å². The number of likely N-dealkylation sites (N-methyl/N-ethyl adjacent to an activating group) is 1. The van der Waals surface area contributed by atoms with Crippen molar-refractivity contribution in [1.29, 1.82) is 0 Å².